The Hall–Kier alpha value is -3.44. The topological polar surface area (TPSA) is 70.2 Å². The number of benzene rings is 3. The second-order valence-corrected chi connectivity index (χ2v) is 6.97. The van der Waals surface area contributed by atoms with Crippen molar-refractivity contribution in [2.24, 2.45) is 0 Å². The van der Waals surface area contributed by atoms with Gasteiger partial charge in [-0.15, -0.1) is 0 Å². The number of hydrogen-bond donors (Lipinski definition) is 3. The fraction of sp³-hybridized carbons (Fsp3) is 0.200. The number of nitrogens with one attached hydrogen (secondary N) is 3. The summed E-state index contributed by atoms with van der Waals surface area (Å²) in [6.45, 7) is 2.07. The lowest BCUT2D eigenvalue weighted by Gasteiger charge is -2.19. The van der Waals surface area contributed by atoms with E-state index in [1.807, 2.05) is 91.9 Å². The molecule has 5 nitrogen and oxygen atoms in total. The molecule has 5 heteroatoms. The first kappa shape index (κ1) is 21.3. The molecule has 0 heterocycles. The second kappa shape index (κ2) is 10.9. The van der Waals surface area contributed by atoms with Crippen molar-refractivity contribution < 1.29 is 9.59 Å². The molecule has 3 aromatic rings. The molecule has 30 heavy (non-hydrogen) atoms. The lowest BCUT2D eigenvalue weighted by molar-refractivity contribution is -0.123. The van der Waals surface area contributed by atoms with Crippen LogP contribution in [-0.4, -0.2) is 24.9 Å². The van der Waals surface area contributed by atoms with Crippen LogP contribution in [0.2, 0.25) is 0 Å². The van der Waals surface area contributed by atoms with Crippen molar-refractivity contribution in [2.75, 3.05) is 18.4 Å². The van der Waals surface area contributed by atoms with E-state index in [9.17, 15) is 9.59 Å². The van der Waals surface area contributed by atoms with Gasteiger partial charge in [-0.05, 0) is 29.2 Å². The molecule has 0 saturated carbocycles. The van der Waals surface area contributed by atoms with Gasteiger partial charge in [-0.25, -0.2) is 0 Å². The van der Waals surface area contributed by atoms with E-state index in [0.29, 0.717) is 0 Å². The molecule has 3 N–H and O–H groups in total. The normalized spacial score (nSPS) is 10.6. The molecule has 0 bridgehead atoms. The highest BCUT2D eigenvalue weighted by Gasteiger charge is 2.15. The molecule has 0 aliphatic carbocycles. The summed E-state index contributed by atoms with van der Waals surface area (Å²) in [7, 11) is 0. The molecule has 0 radical (unpaired) electrons. The third-order valence-corrected chi connectivity index (χ3v) is 4.85. The summed E-state index contributed by atoms with van der Waals surface area (Å²) < 4.78 is 0. The molecule has 0 saturated heterocycles. The van der Waals surface area contributed by atoms with E-state index < -0.39 is 0 Å². The Morgan fingerprint density at radius 2 is 1.30 bits per heavy atom. The minimum absolute atomic E-state index is 0.0695. The monoisotopic (exact) mass is 401 g/mol. The largest absolute Gasteiger partial charge is 0.346 e. The third kappa shape index (κ3) is 6.03. The number of carbonyl (C=O) groups excluding carboxylic acids is 2. The first-order valence-corrected chi connectivity index (χ1v) is 10.1. The van der Waals surface area contributed by atoms with Crippen LogP contribution in [0.25, 0.3) is 0 Å². The average Bonchev–Trinajstić information content (AvgIpc) is 2.79. The van der Waals surface area contributed by atoms with E-state index in [-0.39, 0.29) is 30.9 Å². The summed E-state index contributed by atoms with van der Waals surface area (Å²) in [5.41, 5.74) is 3.99. The summed E-state index contributed by atoms with van der Waals surface area (Å²) in [5, 5.41) is 8.84. The van der Waals surface area contributed by atoms with Crippen LogP contribution in [0.4, 0.5) is 5.69 Å². The van der Waals surface area contributed by atoms with E-state index in [2.05, 4.69) is 16.0 Å². The predicted molar refractivity (Wildman–Crippen MR) is 120 cm³/mol. The molecule has 0 fully saturated rings. The molecular formula is C25H27N3O2. The zero-order valence-corrected chi connectivity index (χ0v) is 17.1. The number of carbonyl (C=O) groups is 2. The number of para-hydroxylation sites is 1. The summed E-state index contributed by atoms with van der Waals surface area (Å²) in [6.07, 6.45) is 0.826. The fourth-order valence-corrected chi connectivity index (χ4v) is 3.30. The Bertz CT molecular complexity index is 919. The van der Waals surface area contributed by atoms with Crippen molar-refractivity contribution in [3.8, 4) is 0 Å². The quantitative estimate of drug-likeness (QED) is 0.512. The van der Waals surface area contributed by atoms with Crippen LogP contribution in [0.5, 0.6) is 0 Å². The maximum absolute atomic E-state index is 12.3. The lowest BCUT2D eigenvalue weighted by Crippen LogP contribution is -2.39. The van der Waals surface area contributed by atoms with Crippen molar-refractivity contribution in [2.45, 2.75) is 19.4 Å². The SMILES string of the molecule is CCc1ccccc1NC(=O)CNC(=O)CNC(c1ccccc1)c1ccccc1. The van der Waals surface area contributed by atoms with Gasteiger partial charge in [0.05, 0.1) is 19.1 Å². The number of rotatable bonds is 9. The highest BCUT2D eigenvalue weighted by Crippen LogP contribution is 2.21. The predicted octanol–water partition coefficient (Wildman–Crippen LogP) is 3.68. The average molecular weight is 402 g/mol. The van der Waals surface area contributed by atoms with E-state index in [4.69, 9.17) is 0 Å². The molecule has 0 atom stereocenters. The Kier molecular flexibility index (Phi) is 7.75. The van der Waals surface area contributed by atoms with Crippen molar-refractivity contribution in [3.05, 3.63) is 102 Å². The van der Waals surface area contributed by atoms with Gasteiger partial charge >= 0.3 is 0 Å². The van der Waals surface area contributed by atoms with Crippen LogP contribution in [0.3, 0.4) is 0 Å². The molecule has 0 aliphatic heterocycles. The van der Waals surface area contributed by atoms with Gasteiger partial charge in [-0.1, -0.05) is 85.8 Å². The number of hydrogen-bond acceptors (Lipinski definition) is 3. The van der Waals surface area contributed by atoms with Gasteiger partial charge in [0, 0.05) is 5.69 Å². The molecule has 3 aromatic carbocycles. The second-order valence-electron chi connectivity index (χ2n) is 6.97. The molecule has 0 spiro atoms. The minimum atomic E-state index is -0.244. The smallest absolute Gasteiger partial charge is 0.243 e. The Morgan fingerprint density at radius 3 is 1.90 bits per heavy atom. The van der Waals surface area contributed by atoms with E-state index in [1.165, 1.54) is 0 Å². The maximum Gasteiger partial charge on any atom is 0.243 e. The highest BCUT2D eigenvalue weighted by atomic mass is 16.2. The minimum Gasteiger partial charge on any atom is -0.346 e. The molecule has 2 amide bonds. The van der Waals surface area contributed by atoms with Crippen LogP contribution in [-0.2, 0) is 16.0 Å². The van der Waals surface area contributed by atoms with E-state index in [1.54, 1.807) is 0 Å². The van der Waals surface area contributed by atoms with Crippen LogP contribution < -0.4 is 16.0 Å². The zero-order valence-electron chi connectivity index (χ0n) is 17.1. The third-order valence-electron chi connectivity index (χ3n) is 4.85. The van der Waals surface area contributed by atoms with Crippen molar-refractivity contribution in [1.82, 2.24) is 10.6 Å². The molecule has 0 aliphatic rings. The van der Waals surface area contributed by atoms with Gasteiger partial charge in [0.15, 0.2) is 0 Å². The molecule has 3 rings (SSSR count). The van der Waals surface area contributed by atoms with Gasteiger partial charge in [0.1, 0.15) is 0 Å². The van der Waals surface area contributed by atoms with Crippen LogP contribution in [0.15, 0.2) is 84.9 Å². The maximum atomic E-state index is 12.3. The van der Waals surface area contributed by atoms with E-state index in [0.717, 1.165) is 28.8 Å². The first-order chi connectivity index (χ1) is 14.7. The first-order valence-electron chi connectivity index (χ1n) is 10.1. The Morgan fingerprint density at radius 1 is 0.733 bits per heavy atom. The molecule has 0 aromatic heterocycles. The number of aryl methyl sites for hydroxylation is 1. The van der Waals surface area contributed by atoms with Crippen LogP contribution >= 0.6 is 0 Å². The molecular weight excluding hydrogens is 374 g/mol. The molecule has 154 valence electrons. The van der Waals surface area contributed by atoms with Crippen LogP contribution in [0.1, 0.15) is 29.7 Å². The Balaban J connectivity index is 1.54. The summed E-state index contributed by atoms with van der Waals surface area (Å²) in [6, 6.07) is 27.5. The summed E-state index contributed by atoms with van der Waals surface area (Å²) in [5.74, 6) is -0.474. The van der Waals surface area contributed by atoms with Gasteiger partial charge in [0.2, 0.25) is 11.8 Å². The van der Waals surface area contributed by atoms with Gasteiger partial charge in [0.25, 0.3) is 0 Å². The highest BCUT2D eigenvalue weighted by molar-refractivity contribution is 5.95. The van der Waals surface area contributed by atoms with Gasteiger partial charge in [-0.2, -0.15) is 0 Å². The van der Waals surface area contributed by atoms with Crippen molar-refractivity contribution in [3.63, 3.8) is 0 Å². The number of amides is 2. The van der Waals surface area contributed by atoms with Crippen molar-refractivity contribution in [1.29, 1.82) is 0 Å². The van der Waals surface area contributed by atoms with E-state index >= 15 is 0 Å². The number of anilines is 1. The lowest BCUT2D eigenvalue weighted by atomic mass is 9.99. The Labute approximate surface area is 177 Å². The van der Waals surface area contributed by atoms with Crippen LogP contribution in [0, 0.1) is 0 Å². The summed E-state index contributed by atoms with van der Waals surface area (Å²) >= 11 is 0. The zero-order chi connectivity index (χ0) is 21.2. The molecule has 0 unspecified atom stereocenters. The van der Waals surface area contributed by atoms with Crippen molar-refractivity contribution >= 4 is 17.5 Å². The summed E-state index contributed by atoms with van der Waals surface area (Å²) in [4.78, 5) is 24.6. The standard InChI is InChI=1S/C25H27N3O2/c1-2-19-11-9-10-16-22(19)28-24(30)18-26-23(29)17-27-25(20-12-5-3-6-13-20)21-14-7-4-8-15-21/h3-16,25,27H,2,17-18H2,1H3,(H,26,29)(H,28,30). The van der Waals surface area contributed by atoms with Gasteiger partial charge < -0.3 is 10.6 Å². The van der Waals surface area contributed by atoms with Gasteiger partial charge in [-0.3, -0.25) is 14.9 Å². The fourth-order valence-electron chi connectivity index (χ4n) is 3.30.